The number of carbonyl (C=O) groups excluding carboxylic acids is 2. The number of hydrogen-bond donors (Lipinski definition) is 2. The highest BCUT2D eigenvalue weighted by atomic mass is 35.5. The Balaban J connectivity index is 2.89. The van der Waals surface area contributed by atoms with Crippen LogP contribution in [-0.4, -0.2) is 28.3 Å². The molecule has 1 aromatic heterocycles. The maximum Gasteiger partial charge on any atom is 0.319 e. The fraction of sp³-hybridized carbons (Fsp3) is 0.222. The second kappa shape index (κ2) is 5.92. The highest BCUT2D eigenvalue weighted by molar-refractivity contribution is 6.32. The van der Waals surface area contributed by atoms with Crippen molar-refractivity contribution in [3.05, 3.63) is 33.1 Å². The Labute approximate surface area is 106 Å². The largest absolute Gasteiger partial charge is 0.370 e. The maximum absolute atomic E-state index is 11.6. The van der Waals surface area contributed by atoms with Crippen LogP contribution in [0.5, 0.6) is 0 Å². The SMILES string of the molecule is NC(=O)CCNC(=O)c1ccnc(Cl)c1[N+](=O)[O-]. The number of hydrogen-bond acceptors (Lipinski definition) is 5. The molecule has 1 heterocycles. The summed E-state index contributed by atoms with van der Waals surface area (Å²) in [7, 11) is 0. The summed E-state index contributed by atoms with van der Waals surface area (Å²) in [5.74, 6) is -1.30. The van der Waals surface area contributed by atoms with E-state index in [1.165, 1.54) is 12.3 Å². The van der Waals surface area contributed by atoms with Crippen molar-refractivity contribution in [3.63, 3.8) is 0 Å². The molecule has 18 heavy (non-hydrogen) atoms. The number of nitrogens with one attached hydrogen (secondary N) is 1. The molecule has 3 N–H and O–H groups in total. The molecule has 0 bridgehead atoms. The summed E-state index contributed by atoms with van der Waals surface area (Å²) in [5, 5.41) is 12.7. The number of nitrogens with two attached hydrogens (primary N) is 1. The topological polar surface area (TPSA) is 128 Å². The Morgan fingerprint density at radius 1 is 1.56 bits per heavy atom. The summed E-state index contributed by atoms with van der Waals surface area (Å²) in [6.07, 6.45) is 1.12. The van der Waals surface area contributed by atoms with Crippen LogP contribution in [0.25, 0.3) is 0 Å². The monoisotopic (exact) mass is 272 g/mol. The van der Waals surface area contributed by atoms with Crippen molar-refractivity contribution < 1.29 is 14.5 Å². The number of primary amides is 1. The van der Waals surface area contributed by atoms with Crippen molar-refractivity contribution in [2.75, 3.05) is 6.54 Å². The van der Waals surface area contributed by atoms with Gasteiger partial charge in [0.15, 0.2) is 0 Å². The number of amides is 2. The van der Waals surface area contributed by atoms with Crippen LogP contribution in [0, 0.1) is 10.1 Å². The van der Waals surface area contributed by atoms with Gasteiger partial charge < -0.3 is 11.1 Å². The molecule has 0 aliphatic heterocycles. The van der Waals surface area contributed by atoms with Gasteiger partial charge in [-0.2, -0.15) is 0 Å². The van der Waals surface area contributed by atoms with Crippen molar-refractivity contribution in [2.24, 2.45) is 5.73 Å². The Bertz CT molecular complexity index is 505. The fourth-order valence-corrected chi connectivity index (χ4v) is 1.41. The molecular weight excluding hydrogens is 264 g/mol. The van der Waals surface area contributed by atoms with E-state index in [0.717, 1.165) is 0 Å². The van der Waals surface area contributed by atoms with Crippen LogP contribution >= 0.6 is 11.6 Å². The van der Waals surface area contributed by atoms with E-state index >= 15 is 0 Å². The standard InChI is InChI=1S/C9H9ClN4O4/c10-8-7(14(17)18)5(1-3-12-8)9(16)13-4-2-6(11)15/h1,3H,2,4H2,(H2,11,15)(H,13,16). The number of rotatable bonds is 5. The third kappa shape index (κ3) is 3.39. The minimum absolute atomic E-state index is 0.00867. The van der Waals surface area contributed by atoms with Crippen molar-refractivity contribution in [3.8, 4) is 0 Å². The highest BCUT2D eigenvalue weighted by Gasteiger charge is 2.24. The zero-order chi connectivity index (χ0) is 13.7. The van der Waals surface area contributed by atoms with E-state index in [-0.39, 0.29) is 23.7 Å². The molecule has 8 nitrogen and oxygen atoms in total. The van der Waals surface area contributed by atoms with Gasteiger partial charge in [0.25, 0.3) is 5.91 Å². The van der Waals surface area contributed by atoms with Crippen molar-refractivity contribution in [1.29, 1.82) is 0 Å². The maximum atomic E-state index is 11.6. The molecule has 0 saturated heterocycles. The summed E-state index contributed by atoms with van der Waals surface area (Å²) >= 11 is 5.55. The zero-order valence-electron chi connectivity index (χ0n) is 9.05. The first-order valence-electron chi connectivity index (χ1n) is 4.79. The van der Waals surface area contributed by atoms with Crippen molar-refractivity contribution in [2.45, 2.75) is 6.42 Å². The van der Waals surface area contributed by atoms with Crippen LogP contribution in [-0.2, 0) is 4.79 Å². The number of nitrogens with zero attached hydrogens (tertiary/aromatic N) is 2. The molecule has 1 rings (SSSR count). The van der Waals surface area contributed by atoms with E-state index in [1.807, 2.05) is 0 Å². The van der Waals surface area contributed by atoms with E-state index in [4.69, 9.17) is 17.3 Å². The smallest absolute Gasteiger partial charge is 0.319 e. The second-order valence-electron chi connectivity index (χ2n) is 3.23. The highest BCUT2D eigenvalue weighted by Crippen LogP contribution is 2.25. The first-order valence-corrected chi connectivity index (χ1v) is 5.16. The molecule has 0 aliphatic carbocycles. The second-order valence-corrected chi connectivity index (χ2v) is 3.59. The number of carbonyl (C=O) groups is 2. The van der Waals surface area contributed by atoms with Gasteiger partial charge in [0.1, 0.15) is 5.56 Å². The van der Waals surface area contributed by atoms with Crippen molar-refractivity contribution >= 4 is 29.1 Å². The summed E-state index contributed by atoms with van der Waals surface area (Å²) in [6.45, 7) is -0.00867. The Hall–Kier alpha value is -2.22. The Kier molecular flexibility index (Phi) is 4.55. The summed E-state index contributed by atoms with van der Waals surface area (Å²) in [5.41, 5.74) is 4.10. The molecule has 96 valence electrons. The van der Waals surface area contributed by atoms with Crippen LogP contribution in [0.4, 0.5) is 5.69 Å². The molecule has 0 aromatic carbocycles. The lowest BCUT2D eigenvalue weighted by molar-refractivity contribution is -0.385. The average molecular weight is 273 g/mol. The normalized spacial score (nSPS) is 9.83. The van der Waals surface area contributed by atoms with Crippen LogP contribution in [0.3, 0.4) is 0 Å². The zero-order valence-corrected chi connectivity index (χ0v) is 9.81. The summed E-state index contributed by atoms with van der Waals surface area (Å²) < 4.78 is 0. The summed E-state index contributed by atoms with van der Waals surface area (Å²) in [4.78, 5) is 35.6. The van der Waals surface area contributed by atoms with Crippen LogP contribution < -0.4 is 11.1 Å². The molecule has 0 aliphatic rings. The fourth-order valence-electron chi connectivity index (χ4n) is 1.18. The molecule has 0 unspecified atom stereocenters. The Morgan fingerprint density at radius 2 is 2.22 bits per heavy atom. The van der Waals surface area contributed by atoms with E-state index < -0.39 is 22.4 Å². The minimum atomic E-state index is -0.793. The Morgan fingerprint density at radius 3 is 2.78 bits per heavy atom. The van der Waals surface area contributed by atoms with E-state index in [0.29, 0.717) is 0 Å². The quantitative estimate of drug-likeness (QED) is 0.451. The number of pyridine rings is 1. The van der Waals surface area contributed by atoms with Crippen LogP contribution in [0.2, 0.25) is 5.15 Å². The predicted molar refractivity (Wildman–Crippen MR) is 62.0 cm³/mol. The van der Waals surface area contributed by atoms with Gasteiger partial charge >= 0.3 is 5.69 Å². The van der Waals surface area contributed by atoms with Crippen LogP contribution in [0.15, 0.2) is 12.3 Å². The van der Waals surface area contributed by atoms with Gasteiger partial charge in [-0.25, -0.2) is 4.98 Å². The third-order valence-electron chi connectivity index (χ3n) is 1.96. The lowest BCUT2D eigenvalue weighted by atomic mass is 10.2. The first-order chi connectivity index (χ1) is 8.43. The lowest BCUT2D eigenvalue weighted by Crippen LogP contribution is -2.28. The molecule has 0 spiro atoms. The lowest BCUT2D eigenvalue weighted by Gasteiger charge is -2.04. The molecule has 9 heteroatoms. The van der Waals surface area contributed by atoms with E-state index in [9.17, 15) is 19.7 Å². The van der Waals surface area contributed by atoms with Gasteiger partial charge in [-0.1, -0.05) is 11.6 Å². The molecule has 0 fully saturated rings. The molecule has 2 amide bonds. The van der Waals surface area contributed by atoms with Gasteiger partial charge in [0.05, 0.1) is 4.92 Å². The average Bonchev–Trinajstić information content (AvgIpc) is 2.27. The molecule has 1 aromatic rings. The van der Waals surface area contributed by atoms with Gasteiger partial charge in [0, 0.05) is 19.2 Å². The van der Waals surface area contributed by atoms with E-state index in [2.05, 4.69) is 10.3 Å². The van der Waals surface area contributed by atoms with Crippen molar-refractivity contribution in [1.82, 2.24) is 10.3 Å². The molecule has 0 saturated carbocycles. The number of halogens is 1. The number of nitro groups is 1. The summed E-state index contributed by atoms with van der Waals surface area (Å²) in [6, 6.07) is 1.17. The van der Waals surface area contributed by atoms with E-state index in [1.54, 1.807) is 0 Å². The van der Waals surface area contributed by atoms with Gasteiger partial charge in [-0.3, -0.25) is 19.7 Å². The molecule has 0 radical (unpaired) electrons. The van der Waals surface area contributed by atoms with Gasteiger partial charge in [0.2, 0.25) is 11.1 Å². The first kappa shape index (κ1) is 13.8. The molecule has 0 atom stereocenters. The van der Waals surface area contributed by atoms with Crippen LogP contribution in [0.1, 0.15) is 16.8 Å². The molecular formula is C9H9ClN4O4. The number of aromatic nitrogens is 1. The van der Waals surface area contributed by atoms with Gasteiger partial charge in [-0.05, 0) is 6.07 Å². The minimum Gasteiger partial charge on any atom is -0.370 e. The third-order valence-corrected chi connectivity index (χ3v) is 2.24. The van der Waals surface area contributed by atoms with Gasteiger partial charge in [-0.15, -0.1) is 0 Å². The predicted octanol–water partition coefficient (Wildman–Crippen LogP) is 0.248.